The summed E-state index contributed by atoms with van der Waals surface area (Å²) in [6, 6.07) is 21.9. The van der Waals surface area contributed by atoms with E-state index in [4.69, 9.17) is 0 Å². The van der Waals surface area contributed by atoms with Gasteiger partial charge >= 0.3 is 0 Å². The summed E-state index contributed by atoms with van der Waals surface area (Å²) in [5, 5.41) is 19.3. The third-order valence-corrected chi connectivity index (χ3v) is 6.25. The zero-order valence-electron chi connectivity index (χ0n) is 19.8. The van der Waals surface area contributed by atoms with Crippen LogP contribution in [0.3, 0.4) is 0 Å². The van der Waals surface area contributed by atoms with Crippen molar-refractivity contribution < 1.29 is 14.7 Å². The fourth-order valence-corrected chi connectivity index (χ4v) is 4.45. The molecule has 0 fully saturated rings. The highest BCUT2D eigenvalue weighted by Gasteiger charge is 2.33. The highest BCUT2D eigenvalue weighted by Crippen LogP contribution is 2.36. The van der Waals surface area contributed by atoms with Gasteiger partial charge in [0, 0.05) is 46.9 Å². The zero-order valence-corrected chi connectivity index (χ0v) is 19.8. The van der Waals surface area contributed by atoms with Crippen molar-refractivity contribution in [2.24, 2.45) is 10.2 Å². The lowest BCUT2D eigenvalue weighted by Gasteiger charge is -2.27. The van der Waals surface area contributed by atoms with E-state index in [2.05, 4.69) is 20.1 Å². The van der Waals surface area contributed by atoms with Crippen LogP contribution < -0.4 is 4.90 Å². The van der Waals surface area contributed by atoms with E-state index in [1.165, 1.54) is 4.90 Å². The Bertz CT molecular complexity index is 1430. The fraction of sp³-hybridized carbons (Fsp3) is 0.179. The minimum Gasteiger partial charge on any atom is -0.395 e. The van der Waals surface area contributed by atoms with E-state index in [0.717, 1.165) is 12.2 Å². The number of rotatable bonds is 8. The van der Waals surface area contributed by atoms with Crippen molar-refractivity contribution in [3.63, 3.8) is 0 Å². The van der Waals surface area contributed by atoms with Gasteiger partial charge in [0.1, 0.15) is 0 Å². The van der Waals surface area contributed by atoms with Gasteiger partial charge in [-0.15, -0.1) is 5.11 Å². The van der Waals surface area contributed by atoms with Crippen molar-refractivity contribution in [2.45, 2.75) is 13.5 Å². The maximum absolute atomic E-state index is 13.3. The van der Waals surface area contributed by atoms with Gasteiger partial charge in [-0.2, -0.15) is 5.11 Å². The number of aliphatic hydroxyl groups excluding tert-OH is 1. The molecule has 0 aliphatic carbocycles. The Hall–Kier alpha value is -4.43. The smallest absolute Gasteiger partial charge is 0.261 e. The summed E-state index contributed by atoms with van der Waals surface area (Å²) in [5.74, 6) is -0.700. The molecule has 8 nitrogen and oxygen atoms in total. The monoisotopic (exact) mass is 479 g/mol. The number of amides is 2. The van der Waals surface area contributed by atoms with Crippen LogP contribution in [0.25, 0.3) is 10.8 Å². The van der Waals surface area contributed by atoms with Crippen LogP contribution in [-0.4, -0.2) is 46.5 Å². The van der Waals surface area contributed by atoms with Crippen LogP contribution in [-0.2, 0) is 6.54 Å². The lowest BCUT2D eigenvalue weighted by molar-refractivity contribution is 0.0596. The number of nitrogens with zero attached hydrogens (tertiary/aromatic N) is 5. The van der Waals surface area contributed by atoms with Gasteiger partial charge < -0.3 is 10.0 Å². The number of carbonyl (C=O) groups excluding carboxylic acids is 2. The van der Waals surface area contributed by atoms with Crippen LogP contribution >= 0.6 is 0 Å². The topological polar surface area (TPSA) is 98.5 Å². The SMILES string of the molecule is CCN(CCO)c1ccc(N=Nc2ccc3c4c(cccc24)C(=O)N(Cc2ccccn2)C3=O)cc1. The molecule has 1 aliphatic heterocycles. The van der Waals surface area contributed by atoms with Crippen molar-refractivity contribution in [3.8, 4) is 0 Å². The quantitative estimate of drug-likeness (QED) is 0.274. The molecule has 0 atom stereocenters. The Morgan fingerprint density at radius 2 is 1.67 bits per heavy atom. The first-order chi connectivity index (χ1) is 17.6. The number of aliphatic hydroxyl groups is 1. The Balaban J connectivity index is 1.45. The molecule has 36 heavy (non-hydrogen) atoms. The van der Waals surface area contributed by atoms with Gasteiger partial charge in [0.2, 0.25) is 0 Å². The molecule has 5 rings (SSSR count). The number of imide groups is 1. The van der Waals surface area contributed by atoms with Crippen LogP contribution in [0.1, 0.15) is 33.3 Å². The molecule has 2 heterocycles. The molecular formula is C28H25N5O3. The molecule has 0 saturated heterocycles. The van der Waals surface area contributed by atoms with Crippen molar-refractivity contribution in [3.05, 3.63) is 95.8 Å². The minimum atomic E-state index is -0.350. The standard InChI is InChI=1S/C28H25N5O3/c1-2-32(16-17-34)21-11-9-19(10-12-21)30-31-25-14-13-24-26-22(25)7-5-8-23(26)27(35)33(28(24)36)18-20-6-3-4-15-29-20/h3-15,34H,2,16-18H2,1H3. The second-order valence-electron chi connectivity index (χ2n) is 8.40. The van der Waals surface area contributed by atoms with E-state index in [0.29, 0.717) is 45.5 Å². The van der Waals surface area contributed by atoms with Crippen molar-refractivity contribution in [1.82, 2.24) is 9.88 Å². The molecule has 0 unspecified atom stereocenters. The highest BCUT2D eigenvalue weighted by atomic mass is 16.3. The Kier molecular flexibility index (Phi) is 6.51. The summed E-state index contributed by atoms with van der Waals surface area (Å²) in [6.45, 7) is 3.59. The van der Waals surface area contributed by atoms with Gasteiger partial charge in [0.25, 0.3) is 11.8 Å². The lowest BCUT2D eigenvalue weighted by atomic mass is 9.93. The Morgan fingerprint density at radius 1 is 0.889 bits per heavy atom. The molecule has 0 spiro atoms. The van der Waals surface area contributed by atoms with Crippen LogP contribution in [0.15, 0.2) is 89.2 Å². The van der Waals surface area contributed by atoms with Crippen LogP contribution in [0.2, 0.25) is 0 Å². The predicted octanol–water partition coefficient (Wildman–Crippen LogP) is 5.27. The first-order valence-corrected chi connectivity index (χ1v) is 11.8. The minimum absolute atomic E-state index is 0.0896. The summed E-state index contributed by atoms with van der Waals surface area (Å²) in [4.78, 5) is 34.1. The molecular weight excluding hydrogens is 454 g/mol. The number of hydrogen-bond donors (Lipinski definition) is 1. The number of pyridine rings is 1. The van der Waals surface area contributed by atoms with Crippen molar-refractivity contribution in [2.75, 3.05) is 24.6 Å². The molecule has 8 heteroatoms. The first-order valence-electron chi connectivity index (χ1n) is 11.8. The summed E-state index contributed by atoms with van der Waals surface area (Å²) < 4.78 is 0. The van der Waals surface area contributed by atoms with Crippen LogP contribution in [0.4, 0.5) is 17.1 Å². The lowest BCUT2D eigenvalue weighted by Crippen LogP contribution is -2.39. The van der Waals surface area contributed by atoms with Gasteiger partial charge in [-0.3, -0.25) is 19.5 Å². The van der Waals surface area contributed by atoms with Gasteiger partial charge in [-0.25, -0.2) is 0 Å². The maximum atomic E-state index is 13.3. The van der Waals surface area contributed by atoms with E-state index in [1.54, 1.807) is 42.6 Å². The van der Waals surface area contributed by atoms with E-state index < -0.39 is 0 Å². The number of aromatic nitrogens is 1. The molecule has 3 aromatic carbocycles. The van der Waals surface area contributed by atoms with E-state index in [1.807, 2.05) is 43.3 Å². The normalized spacial score (nSPS) is 13.1. The third kappa shape index (κ3) is 4.34. The Morgan fingerprint density at radius 3 is 2.36 bits per heavy atom. The molecule has 1 N–H and O–H groups in total. The zero-order chi connectivity index (χ0) is 25.1. The number of carbonyl (C=O) groups is 2. The van der Waals surface area contributed by atoms with Crippen LogP contribution in [0.5, 0.6) is 0 Å². The summed E-state index contributed by atoms with van der Waals surface area (Å²) in [5.41, 5.74) is 3.82. The second-order valence-corrected chi connectivity index (χ2v) is 8.40. The summed E-state index contributed by atoms with van der Waals surface area (Å²) in [7, 11) is 0. The molecule has 0 saturated carbocycles. The molecule has 0 radical (unpaired) electrons. The number of benzene rings is 3. The Labute approximate surface area is 208 Å². The van der Waals surface area contributed by atoms with Crippen LogP contribution in [0, 0.1) is 0 Å². The average Bonchev–Trinajstić information content (AvgIpc) is 2.92. The molecule has 0 bridgehead atoms. The molecule has 1 aliphatic rings. The van der Waals surface area contributed by atoms with Gasteiger partial charge in [-0.05, 0) is 61.5 Å². The number of anilines is 1. The molecule has 180 valence electrons. The predicted molar refractivity (Wildman–Crippen MR) is 138 cm³/mol. The van der Waals surface area contributed by atoms with Crippen molar-refractivity contribution in [1.29, 1.82) is 0 Å². The molecule has 4 aromatic rings. The second kappa shape index (κ2) is 10.1. The van der Waals surface area contributed by atoms with E-state index in [-0.39, 0.29) is 25.0 Å². The number of hydrogen-bond acceptors (Lipinski definition) is 7. The number of likely N-dealkylation sites (N-methyl/N-ethyl adjacent to an activating group) is 1. The molecule has 1 aromatic heterocycles. The fourth-order valence-electron chi connectivity index (χ4n) is 4.45. The summed E-state index contributed by atoms with van der Waals surface area (Å²) >= 11 is 0. The highest BCUT2D eigenvalue weighted by molar-refractivity contribution is 6.26. The maximum Gasteiger partial charge on any atom is 0.261 e. The van der Waals surface area contributed by atoms with Gasteiger partial charge in [0.05, 0.1) is 30.2 Å². The third-order valence-electron chi connectivity index (χ3n) is 6.25. The average molecular weight is 480 g/mol. The largest absolute Gasteiger partial charge is 0.395 e. The first kappa shape index (κ1) is 23.3. The van der Waals surface area contributed by atoms with Gasteiger partial charge in [-0.1, -0.05) is 18.2 Å². The number of azo groups is 1. The van der Waals surface area contributed by atoms with Gasteiger partial charge in [0.15, 0.2) is 0 Å². The van der Waals surface area contributed by atoms with E-state index >= 15 is 0 Å². The molecule has 2 amide bonds. The summed E-state index contributed by atoms with van der Waals surface area (Å²) in [6.07, 6.45) is 1.64. The van der Waals surface area contributed by atoms with Crippen molar-refractivity contribution >= 4 is 39.6 Å². The van der Waals surface area contributed by atoms with E-state index in [9.17, 15) is 14.7 Å².